The Morgan fingerprint density at radius 3 is 1.84 bits per heavy atom. The summed E-state index contributed by atoms with van der Waals surface area (Å²) in [7, 11) is 0. The Labute approximate surface area is 299 Å². The zero-order valence-corrected chi connectivity index (χ0v) is 28.8. The van der Waals surface area contributed by atoms with Crippen LogP contribution in [0.15, 0.2) is 36.7 Å². The van der Waals surface area contributed by atoms with Crippen molar-refractivity contribution in [3.8, 4) is 22.8 Å². The minimum atomic E-state index is 0.0123. The number of aromatic nitrogens is 6. The van der Waals surface area contributed by atoms with Gasteiger partial charge in [-0.25, -0.2) is 19.9 Å². The van der Waals surface area contributed by atoms with Crippen molar-refractivity contribution in [2.24, 2.45) is 0 Å². The molecule has 4 aromatic heterocycles. The molecule has 0 saturated heterocycles. The monoisotopic (exact) mass is 697 g/mol. The molecule has 2 fully saturated rings. The lowest BCUT2D eigenvalue weighted by atomic mass is 9.90. The fourth-order valence-electron chi connectivity index (χ4n) is 9.11. The Morgan fingerprint density at radius 2 is 1.24 bits per heavy atom. The van der Waals surface area contributed by atoms with Gasteiger partial charge in [-0.05, 0) is 103 Å². The summed E-state index contributed by atoms with van der Waals surface area (Å²) >= 11 is 5.94. The van der Waals surface area contributed by atoms with E-state index in [0.29, 0.717) is 0 Å². The molecule has 0 bridgehead atoms. The first-order valence-electron chi connectivity index (χ1n) is 18.2. The largest absolute Gasteiger partial charge is 0.356 e. The number of aromatic amines is 2. The topological polar surface area (TPSA) is 145 Å². The first kappa shape index (κ1) is 29.7. The van der Waals surface area contributed by atoms with Crippen LogP contribution in [-0.2, 0) is 51.5 Å². The molecule has 3 aliphatic heterocycles. The maximum atomic E-state index is 12.8. The van der Waals surface area contributed by atoms with Gasteiger partial charge in [-0.3, -0.25) is 9.59 Å². The van der Waals surface area contributed by atoms with Gasteiger partial charge in [-0.2, -0.15) is 0 Å². The summed E-state index contributed by atoms with van der Waals surface area (Å²) < 4.78 is 0. The molecule has 0 unspecified atom stereocenters. The van der Waals surface area contributed by atoms with Crippen molar-refractivity contribution in [3.63, 3.8) is 0 Å². The molecule has 2 saturated carbocycles. The maximum absolute atomic E-state index is 12.8. The molecule has 256 valence electrons. The third-order valence-corrected chi connectivity index (χ3v) is 12.4. The van der Waals surface area contributed by atoms with Gasteiger partial charge >= 0.3 is 0 Å². The van der Waals surface area contributed by atoms with Crippen LogP contribution in [0.3, 0.4) is 0 Å². The number of nitrogens with one attached hydrogen (secondary N) is 4. The number of H-pyrrole nitrogens is 2. The van der Waals surface area contributed by atoms with Crippen LogP contribution in [0.5, 0.6) is 0 Å². The van der Waals surface area contributed by atoms with E-state index in [9.17, 15) is 9.59 Å². The van der Waals surface area contributed by atoms with E-state index >= 15 is 0 Å². The molecule has 12 rings (SSSR count). The van der Waals surface area contributed by atoms with Gasteiger partial charge < -0.3 is 25.5 Å². The van der Waals surface area contributed by atoms with Gasteiger partial charge in [0.25, 0.3) is 11.8 Å². The Hall–Kier alpha value is -5.03. The number of halogens is 1. The van der Waals surface area contributed by atoms with Crippen LogP contribution in [0.1, 0.15) is 91.2 Å². The summed E-state index contributed by atoms with van der Waals surface area (Å²) in [6.45, 7) is 1.77. The Balaban J connectivity index is 0.000000130. The molecule has 51 heavy (non-hydrogen) atoms. The van der Waals surface area contributed by atoms with Crippen LogP contribution in [0.25, 0.3) is 22.8 Å². The molecular weight excluding hydrogens is 662 g/mol. The van der Waals surface area contributed by atoms with Crippen molar-refractivity contribution in [2.45, 2.75) is 88.3 Å². The second-order valence-corrected chi connectivity index (χ2v) is 15.8. The van der Waals surface area contributed by atoms with Crippen LogP contribution >= 0.6 is 11.6 Å². The predicted octanol–water partition coefficient (Wildman–Crippen LogP) is 4.99. The number of amides is 2. The van der Waals surface area contributed by atoms with Crippen LogP contribution in [0.4, 0.5) is 5.95 Å². The Kier molecular flexibility index (Phi) is 6.11. The highest BCUT2D eigenvalue weighted by Crippen LogP contribution is 2.46. The van der Waals surface area contributed by atoms with E-state index in [1.165, 1.54) is 16.7 Å². The predicted molar refractivity (Wildman–Crippen MR) is 191 cm³/mol. The van der Waals surface area contributed by atoms with Gasteiger partial charge in [0.2, 0.25) is 11.2 Å². The SMILES string of the molecule is O=C1NC2(CC2)Cc2[nH]c3c(c21)CCc1cnc(Cl)nc1-3.O=C1NC2(CC2)Cc2[nH]c3c(c21)CCc1cnc(N2CCc4ccccc4C2)nc1-3. The number of aryl methyl sites for hydroxylation is 2. The Morgan fingerprint density at radius 1 is 0.667 bits per heavy atom. The summed E-state index contributed by atoms with van der Waals surface area (Å²) in [5, 5.41) is 6.68. The van der Waals surface area contributed by atoms with E-state index in [4.69, 9.17) is 21.6 Å². The molecule has 0 radical (unpaired) electrons. The molecule has 12 heteroatoms. The average Bonchev–Trinajstić information content (AvgIpc) is 3.98. The van der Waals surface area contributed by atoms with Gasteiger partial charge in [-0.15, -0.1) is 0 Å². The summed E-state index contributed by atoms with van der Waals surface area (Å²) in [6, 6.07) is 8.63. The molecule has 1 aromatic carbocycles. The van der Waals surface area contributed by atoms with Crippen molar-refractivity contribution in [3.05, 3.63) is 97.8 Å². The minimum absolute atomic E-state index is 0.0123. The maximum Gasteiger partial charge on any atom is 0.253 e. The molecular formula is C39H36ClN9O2. The molecule has 5 aromatic rings. The van der Waals surface area contributed by atoms with Crippen LogP contribution < -0.4 is 15.5 Å². The highest BCUT2D eigenvalue weighted by molar-refractivity contribution is 6.28. The molecule has 7 aliphatic rings. The van der Waals surface area contributed by atoms with E-state index in [-0.39, 0.29) is 28.2 Å². The number of benzene rings is 1. The third kappa shape index (κ3) is 4.70. The smallest absolute Gasteiger partial charge is 0.253 e. The highest BCUT2D eigenvalue weighted by atomic mass is 35.5. The number of nitrogens with zero attached hydrogens (tertiary/aromatic N) is 5. The summed E-state index contributed by atoms with van der Waals surface area (Å²) in [5.41, 5.74) is 15.0. The molecule has 11 nitrogen and oxygen atoms in total. The quantitative estimate of drug-likeness (QED) is 0.181. The number of hydrogen-bond donors (Lipinski definition) is 4. The number of hydrogen-bond acceptors (Lipinski definition) is 7. The van der Waals surface area contributed by atoms with Gasteiger partial charge in [0.15, 0.2) is 0 Å². The van der Waals surface area contributed by atoms with Crippen molar-refractivity contribution >= 4 is 29.4 Å². The number of rotatable bonds is 1. The van der Waals surface area contributed by atoms with Gasteiger partial charge in [0.1, 0.15) is 0 Å². The standard InChI is InChI=1S/C24H23N5O.C15H13ClN4O/c30-22-19-17-6-5-15-12-25-23(29-10-7-14-3-1-2-4-16(14)13-29)27-20(15)21(17)26-18(19)11-24(28-22)8-9-24;16-14-17-6-7-1-2-8-10-9(18-12(8)11(7)19-14)5-15(3-4-15)20-13(10)21/h1-4,12,26H,5-11,13H2,(H,28,30);6,18H,1-5H2,(H,20,21). The fourth-order valence-corrected chi connectivity index (χ4v) is 9.24. The average molecular weight is 698 g/mol. The molecule has 2 spiro atoms. The third-order valence-electron chi connectivity index (χ3n) is 12.2. The van der Waals surface area contributed by atoms with E-state index in [2.05, 4.69) is 59.7 Å². The van der Waals surface area contributed by atoms with Crippen LogP contribution in [0, 0.1) is 0 Å². The molecule has 2 amide bonds. The van der Waals surface area contributed by atoms with Crippen molar-refractivity contribution < 1.29 is 9.59 Å². The molecule has 4 aliphatic carbocycles. The summed E-state index contributed by atoms with van der Waals surface area (Å²) in [6.07, 6.45) is 14.4. The number of carbonyl (C=O) groups is 2. The lowest BCUT2D eigenvalue weighted by Crippen LogP contribution is -2.43. The van der Waals surface area contributed by atoms with Gasteiger partial charge in [0, 0.05) is 60.8 Å². The van der Waals surface area contributed by atoms with Gasteiger partial charge in [0.05, 0.1) is 33.9 Å². The van der Waals surface area contributed by atoms with E-state index in [0.717, 1.165) is 152 Å². The first-order valence-corrected chi connectivity index (χ1v) is 18.5. The molecule has 7 heterocycles. The number of fused-ring (bicyclic) bond motifs is 11. The Bertz CT molecular complexity index is 2350. The van der Waals surface area contributed by atoms with Gasteiger partial charge in [-0.1, -0.05) is 24.3 Å². The van der Waals surface area contributed by atoms with Crippen LogP contribution in [-0.4, -0.2) is 59.3 Å². The van der Waals surface area contributed by atoms with Crippen molar-refractivity contribution in [2.75, 3.05) is 11.4 Å². The van der Waals surface area contributed by atoms with E-state index in [1.807, 2.05) is 6.20 Å². The fraction of sp³-hybridized carbons (Fsp3) is 0.385. The lowest BCUT2D eigenvalue weighted by molar-refractivity contribution is 0.0908. The zero-order valence-electron chi connectivity index (χ0n) is 28.1. The highest BCUT2D eigenvalue weighted by Gasteiger charge is 2.50. The van der Waals surface area contributed by atoms with Crippen molar-refractivity contribution in [1.82, 2.24) is 40.5 Å². The molecule has 4 N–H and O–H groups in total. The second-order valence-electron chi connectivity index (χ2n) is 15.5. The van der Waals surface area contributed by atoms with Crippen molar-refractivity contribution in [1.29, 1.82) is 0 Å². The normalized spacial score (nSPS) is 20.3. The lowest BCUT2D eigenvalue weighted by Gasteiger charge is -2.29. The summed E-state index contributed by atoms with van der Waals surface area (Å²) in [5.74, 6) is 0.943. The summed E-state index contributed by atoms with van der Waals surface area (Å²) in [4.78, 5) is 52.8. The zero-order chi connectivity index (χ0) is 34.1. The van der Waals surface area contributed by atoms with E-state index < -0.39 is 0 Å². The first-order chi connectivity index (χ1) is 24.8. The molecule has 0 atom stereocenters. The number of carbonyl (C=O) groups excluding carboxylic acids is 2. The van der Waals surface area contributed by atoms with Crippen LogP contribution in [0.2, 0.25) is 5.28 Å². The number of anilines is 1. The minimum Gasteiger partial charge on any atom is -0.356 e. The second kappa shape index (κ2) is 10.5. The van der Waals surface area contributed by atoms with E-state index in [1.54, 1.807) is 6.20 Å².